The van der Waals surface area contributed by atoms with E-state index in [-0.39, 0.29) is 12.5 Å². The van der Waals surface area contributed by atoms with E-state index in [1.165, 1.54) is 18.9 Å². The minimum Gasteiger partial charge on any atom is -0.480 e. The van der Waals surface area contributed by atoms with Gasteiger partial charge in [-0.05, 0) is 32.6 Å². The van der Waals surface area contributed by atoms with E-state index in [1.807, 2.05) is 0 Å². The Labute approximate surface area is 101 Å². The molecule has 0 aromatic carbocycles. The van der Waals surface area contributed by atoms with Gasteiger partial charge in [-0.25, -0.2) is 9.59 Å². The van der Waals surface area contributed by atoms with E-state index in [1.54, 1.807) is 6.92 Å². The second-order valence-electron chi connectivity index (χ2n) is 4.94. The van der Waals surface area contributed by atoms with Crippen molar-refractivity contribution in [1.82, 2.24) is 10.2 Å². The molecule has 0 radical (unpaired) electrons. The number of rotatable bonds is 5. The normalized spacial score (nSPS) is 20.2. The van der Waals surface area contributed by atoms with Crippen LogP contribution in [-0.4, -0.2) is 52.3 Å². The Hall–Kier alpha value is -1.30. The van der Waals surface area contributed by atoms with E-state index >= 15 is 0 Å². The summed E-state index contributed by atoms with van der Waals surface area (Å²) in [6.45, 7) is 3.27. The maximum absolute atomic E-state index is 11.8. The third-order valence-electron chi connectivity index (χ3n) is 3.09. The monoisotopic (exact) mass is 244 g/mol. The Morgan fingerprint density at radius 2 is 2.06 bits per heavy atom. The minimum atomic E-state index is -1.20. The van der Waals surface area contributed by atoms with Gasteiger partial charge in [-0.3, -0.25) is 0 Å². The number of nitrogens with one attached hydrogen (secondary N) is 1. The fraction of sp³-hybridized carbons (Fsp3) is 0.818. The van der Waals surface area contributed by atoms with Crippen molar-refractivity contribution >= 4 is 12.0 Å². The van der Waals surface area contributed by atoms with Crippen LogP contribution in [0.4, 0.5) is 4.79 Å². The molecule has 0 saturated heterocycles. The SMILES string of the molecule is CC(O)CN(C)C(=O)NC(C)(C(=O)O)C1CC1. The average Bonchev–Trinajstić information content (AvgIpc) is 2.98. The molecule has 17 heavy (non-hydrogen) atoms. The highest BCUT2D eigenvalue weighted by Crippen LogP contribution is 2.39. The van der Waals surface area contributed by atoms with Gasteiger partial charge in [-0.2, -0.15) is 0 Å². The van der Waals surface area contributed by atoms with Gasteiger partial charge in [0.2, 0.25) is 0 Å². The van der Waals surface area contributed by atoms with Crippen molar-refractivity contribution in [2.24, 2.45) is 5.92 Å². The van der Waals surface area contributed by atoms with E-state index < -0.39 is 23.6 Å². The van der Waals surface area contributed by atoms with Crippen molar-refractivity contribution in [3.8, 4) is 0 Å². The molecule has 98 valence electrons. The number of aliphatic carboxylic acids is 1. The smallest absolute Gasteiger partial charge is 0.329 e. The highest BCUT2D eigenvalue weighted by atomic mass is 16.4. The zero-order valence-corrected chi connectivity index (χ0v) is 10.4. The van der Waals surface area contributed by atoms with Gasteiger partial charge in [0.1, 0.15) is 5.54 Å². The second-order valence-corrected chi connectivity index (χ2v) is 4.94. The summed E-state index contributed by atoms with van der Waals surface area (Å²) >= 11 is 0. The summed E-state index contributed by atoms with van der Waals surface area (Å²) < 4.78 is 0. The van der Waals surface area contributed by atoms with E-state index in [0.29, 0.717) is 0 Å². The molecule has 0 aromatic heterocycles. The van der Waals surface area contributed by atoms with Crippen LogP contribution in [0.2, 0.25) is 0 Å². The van der Waals surface area contributed by atoms with Gasteiger partial charge >= 0.3 is 12.0 Å². The summed E-state index contributed by atoms with van der Waals surface area (Å²) in [5.41, 5.74) is -1.20. The fourth-order valence-corrected chi connectivity index (χ4v) is 1.79. The Bertz CT molecular complexity index is 315. The predicted octanol–water partition coefficient (Wildman–Crippen LogP) is 0.262. The Morgan fingerprint density at radius 1 is 1.53 bits per heavy atom. The van der Waals surface area contributed by atoms with Crippen molar-refractivity contribution in [2.45, 2.75) is 38.3 Å². The molecule has 0 bridgehead atoms. The summed E-state index contributed by atoms with van der Waals surface area (Å²) in [7, 11) is 1.53. The van der Waals surface area contributed by atoms with Crippen LogP contribution in [0.3, 0.4) is 0 Å². The molecule has 0 heterocycles. The van der Waals surface area contributed by atoms with Crippen molar-refractivity contribution in [3.05, 3.63) is 0 Å². The zero-order valence-electron chi connectivity index (χ0n) is 10.4. The topological polar surface area (TPSA) is 89.9 Å². The third kappa shape index (κ3) is 3.33. The number of aliphatic hydroxyl groups is 1. The Morgan fingerprint density at radius 3 is 2.41 bits per heavy atom. The number of carboxylic acid groups (broad SMARTS) is 1. The number of hydrogen-bond acceptors (Lipinski definition) is 3. The van der Waals surface area contributed by atoms with E-state index in [4.69, 9.17) is 5.11 Å². The largest absolute Gasteiger partial charge is 0.480 e. The molecular formula is C11H20N2O4. The number of likely N-dealkylation sites (N-methyl/N-ethyl adjacent to an activating group) is 1. The van der Waals surface area contributed by atoms with Gasteiger partial charge < -0.3 is 20.4 Å². The van der Waals surface area contributed by atoms with E-state index in [9.17, 15) is 14.7 Å². The summed E-state index contributed by atoms with van der Waals surface area (Å²) in [6.07, 6.45) is 1.01. The quantitative estimate of drug-likeness (QED) is 0.647. The molecule has 2 amide bonds. The number of aliphatic hydroxyl groups excluding tert-OH is 1. The lowest BCUT2D eigenvalue weighted by Crippen LogP contribution is -2.57. The number of carboxylic acids is 1. The molecule has 1 aliphatic rings. The summed E-state index contributed by atoms with van der Waals surface area (Å²) in [4.78, 5) is 24.3. The average molecular weight is 244 g/mol. The Kier molecular flexibility index (Phi) is 3.98. The first-order valence-corrected chi connectivity index (χ1v) is 5.72. The number of urea groups is 1. The van der Waals surface area contributed by atoms with Crippen LogP contribution in [0.25, 0.3) is 0 Å². The van der Waals surface area contributed by atoms with Crippen molar-refractivity contribution < 1.29 is 19.8 Å². The standard InChI is InChI=1S/C11H20N2O4/c1-7(14)6-13(3)10(17)12-11(2,9(15)16)8-4-5-8/h7-8,14H,4-6H2,1-3H3,(H,12,17)(H,15,16). The number of carbonyl (C=O) groups is 2. The molecule has 6 nitrogen and oxygen atoms in total. The maximum Gasteiger partial charge on any atom is 0.329 e. The lowest BCUT2D eigenvalue weighted by molar-refractivity contribution is -0.144. The van der Waals surface area contributed by atoms with Crippen molar-refractivity contribution in [1.29, 1.82) is 0 Å². The molecule has 2 atom stereocenters. The molecule has 3 N–H and O–H groups in total. The van der Waals surface area contributed by atoms with Gasteiger partial charge in [0, 0.05) is 13.6 Å². The van der Waals surface area contributed by atoms with Gasteiger partial charge in [-0.15, -0.1) is 0 Å². The highest BCUT2D eigenvalue weighted by molar-refractivity contribution is 5.86. The van der Waals surface area contributed by atoms with Gasteiger partial charge in [-0.1, -0.05) is 0 Å². The lowest BCUT2D eigenvalue weighted by Gasteiger charge is -2.29. The van der Waals surface area contributed by atoms with Gasteiger partial charge in [0.15, 0.2) is 0 Å². The molecule has 1 fully saturated rings. The maximum atomic E-state index is 11.8. The molecule has 6 heteroatoms. The molecule has 1 rings (SSSR count). The first kappa shape index (κ1) is 13.8. The molecule has 0 spiro atoms. The number of carbonyl (C=O) groups excluding carboxylic acids is 1. The summed E-state index contributed by atoms with van der Waals surface area (Å²) in [6, 6.07) is -0.470. The van der Waals surface area contributed by atoms with Gasteiger partial charge in [0.25, 0.3) is 0 Å². The van der Waals surface area contributed by atoms with Crippen LogP contribution in [-0.2, 0) is 4.79 Å². The number of hydrogen-bond donors (Lipinski definition) is 3. The second kappa shape index (κ2) is 4.91. The predicted molar refractivity (Wildman–Crippen MR) is 61.6 cm³/mol. The van der Waals surface area contributed by atoms with Gasteiger partial charge in [0.05, 0.1) is 6.10 Å². The first-order valence-electron chi connectivity index (χ1n) is 5.72. The van der Waals surface area contributed by atoms with Crippen LogP contribution in [0, 0.1) is 5.92 Å². The van der Waals surface area contributed by atoms with Crippen LogP contribution in [0.5, 0.6) is 0 Å². The van der Waals surface area contributed by atoms with Crippen molar-refractivity contribution in [2.75, 3.05) is 13.6 Å². The molecule has 1 saturated carbocycles. The third-order valence-corrected chi connectivity index (χ3v) is 3.09. The highest BCUT2D eigenvalue weighted by Gasteiger charge is 2.48. The summed E-state index contributed by atoms with van der Waals surface area (Å²) in [5.74, 6) is -1.01. The Balaban J connectivity index is 2.61. The van der Waals surface area contributed by atoms with E-state index in [0.717, 1.165) is 12.8 Å². The fourth-order valence-electron chi connectivity index (χ4n) is 1.79. The van der Waals surface area contributed by atoms with Crippen molar-refractivity contribution in [3.63, 3.8) is 0 Å². The van der Waals surface area contributed by atoms with Crippen LogP contribution in [0.1, 0.15) is 26.7 Å². The lowest BCUT2D eigenvalue weighted by atomic mass is 9.96. The van der Waals surface area contributed by atoms with Crippen LogP contribution in [0.15, 0.2) is 0 Å². The molecule has 2 unspecified atom stereocenters. The molecule has 0 aromatic rings. The zero-order chi connectivity index (χ0) is 13.2. The molecule has 1 aliphatic carbocycles. The minimum absolute atomic E-state index is 0.00361. The first-order chi connectivity index (χ1) is 7.77. The number of amides is 2. The van der Waals surface area contributed by atoms with E-state index in [2.05, 4.69) is 5.32 Å². The van der Waals surface area contributed by atoms with Crippen LogP contribution >= 0.6 is 0 Å². The summed E-state index contributed by atoms with van der Waals surface area (Å²) in [5, 5.41) is 20.9. The number of nitrogens with zero attached hydrogens (tertiary/aromatic N) is 1. The molecular weight excluding hydrogens is 224 g/mol. The van der Waals surface area contributed by atoms with Crippen LogP contribution < -0.4 is 5.32 Å². The molecule has 0 aliphatic heterocycles.